The Morgan fingerprint density at radius 2 is 0.651 bits per heavy atom. The average molecular weight is 641 g/mol. The molecule has 3 aliphatic rings. The molecule has 0 saturated carbocycles. The van der Waals surface area contributed by atoms with E-state index in [1.807, 2.05) is 36.4 Å². The van der Waals surface area contributed by atoms with Crippen molar-refractivity contribution in [2.75, 3.05) is 20.4 Å². The lowest BCUT2D eigenvalue weighted by Crippen LogP contribution is -2.31. The van der Waals surface area contributed by atoms with E-state index in [1.165, 1.54) is 0 Å². The summed E-state index contributed by atoms with van der Waals surface area (Å²) in [7, 11) is -6.24. The summed E-state index contributed by atoms with van der Waals surface area (Å²) in [5.41, 5.74) is 2.68. The molecular weight excluding hydrogens is 601 g/mol. The smallest absolute Gasteiger partial charge is 0.242 e. The van der Waals surface area contributed by atoms with Gasteiger partial charge in [0.2, 0.25) is 45.3 Å². The van der Waals surface area contributed by atoms with Gasteiger partial charge in [0, 0.05) is 40.8 Å². The summed E-state index contributed by atoms with van der Waals surface area (Å²) in [6.07, 6.45) is 0. The third-order valence-electron chi connectivity index (χ3n) is 6.70. The molecule has 9 nitrogen and oxygen atoms in total. The second-order valence-corrected chi connectivity index (χ2v) is 27.1. The molecule has 0 amide bonds. The zero-order valence-electron chi connectivity index (χ0n) is 26.3. The van der Waals surface area contributed by atoms with E-state index in [4.69, 9.17) is 41.7 Å². The maximum Gasteiger partial charge on any atom is 0.242 e. The topological polar surface area (TPSA) is 83.1 Å². The Bertz CT molecular complexity index is 1370. The van der Waals surface area contributed by atoms with Gasteiger partial charge in [-0.1, -0.05) is 0 Å². The fourth-order valence-electron chi connectivity index (χ4n) is 5.25. The van der Waals surface area contributed by atoms with Gasteiger partial charge >= 0.3 is 0 Å². The molecule has 0 radical (unpaired) electrons. The Balaban J connectivity index is 1.67. The van der Waals surface area contributed by atoms with E-state index in [0.717, 1.165) is 33.9 Å². The lowest BCUT2D eigenvalue weighted by molar-refractivity contribution is 0.173. The van der Waals surface area contributed by atoms with Gasteiger partial charge in [-0.25, -0.2) is 0 Å². The molecule has 0 bridgehead atoms. The molecule has 0 N–H and O–H groups in total. The monoisotopic (exact) mass is 640 g/mol. The fraction of sp³-hybridized carbons (Fsp3) is 0.419. The molecule has 3 heterocycles. The van der Waals surface area contributed by atoms with E-state index in [2.05, 4.69) is 58.9 Å². The van der Waals surface area contributed by atoms with Gasteiger partial charge in [-0.3, -0.25) is 0 Å². The van der Waals surface area contributed by atoms with Crippen molar-refractivity contribution in [2.45, 2.75) is 64.8 Å². The van der Waals surface area contributed by atoms with E-state index >= 15 is 0 Å². The minimum atomic E-state index is -2.08. The highest BCUT2D eigenvalue weighted by atomic mass is 28.4. The zero-order chi connectivity index (χ0) is 30.7. The largest absolute Gasteiger partial charge is 0.544 e. The molecule has 3 aromatic rings. The molecule has 3 aromatic carbocycles. The lowest BCUT2D eigenvalue weighted by atomic mass is 9.83. The van der Waals surface area contributed by atoms with Gasteiger partial charge in [-0.2, -0.15) is 0 Å². The van der Waals surface area contributed by atoms with Gasteiger partial charge in [0.05, 0.1) is 0 Å². The standard InChI is InChI=1S/C31H40O9Si3/c1-41(2,3)38-22-13-28-25(32-16-35-28)10-19(22)31(20-11-26-29(36-17-33-26)14-23(20)39-42(4,5)6)21-12-27-30(37-18-34-27)15-24(21)40-43(7,8)9/h10-15,31H,16-18H2,1-9H3. The first kappa shape index (κ1) is 29.6. The number of rotatable bonds is 9. The molecule has 0 aromatic heterocycles. The molecular formula is C31H40O9Si3. The third-order valence-corrected chi connectivity index (χ3v) is 9.19. The van der Waals surface area contributed by atoms with Crippen molar-refractivity contribution in [3.63, 3.8) is 0 Å². The predicted octanol–water partition coefficient (Wildman–Crippen LogP) is 7.69. The number of fused-ring (bicyclic) bond motifs is 3. The number of hydrogen-bond acceptors (Lipinski definition) is 9. The van der Waals surface area contributed by atoms with Crippen LogP contribution in [0.25, 0.3) is 0 Å². The van der Waals surface area contributed by atoms with Crippen LogP contribution in [0.4, 0.5) is 0 Å². The molecule has 43 heavy (non-hydrogen) atoms. The van der Waals surface area contributed by atoms with Crippen LogP contribution in [-0.4, -0.2) is 45.3 Å². The molecule has 230 valence electrons. The van der Waals surface area contributed by atoms with Crippen LogP contribution in [-0.2, 0) is 0 Å². The van der Waals surface area contributed by atoms with Crippen molar-refractivity contribution in [3.05, 3.63) is 53.1 Å². The molecule has 0 atom stereocenters. The Morgan fingerprint density at radius 1 is 0.419 bits per heavy atom. The first-order valence-corrected chi connectivity index (χ1v) is 24.7. The average Bonchev–Trinajstić information content (AvgIpc) is 3.62. The molecule has 0 unspecified atom stereocenters. The van der Waals surface area contributed by atoms with Crippen LogP contribution in [0.2, 0.25) is 58.9 Å². The number of benzene rings is 3. The summed E-state index contributed by atoms with van der Waals surface area (Å²) in [6, 6.07) is 11.9. The van der Waals surface area contributed by atoms with Crippen molar-refractivity contribution in [1.82, 2.24) is 0 Å². The summed E-state index contributed by atoms with van der Waals surface area (Å²) in [6.45, 7) is 19.9. The second-order valence-electron chi connectivity index (χ2n) is 13.8. The van der Waals surface area contributed by atoms with E-state index in [0.29, 0.717) is 34.5 Å². The van der Waals surface area contributed by atoms with Gasteiger partial charge in [0.1, 0.15) is 17.2 Å². The Kier molecular flexibility index (Phi) is 7.29. The first-order valence-electron chi connectivity index (χ1n) is 14.5. The first-order chi connectivity index (χ1) is 20.1. The molecule has 0 aliphatic carbocycles. The van der Waals surface area contributed by atoms with Gasteiger partial charge < -0.3 is 41.7 Å². The highest BCUT2D eigenvalue weighted by molar-refractivity contribution is 6.71. The van der Waals surface area contributed by atoms with Crippen molar-refractivity contribution < 1.29 is 41.7 Å². The Labute approximate surface area is 256 Å². The predicted molar refractivity (Wildman–Crippen MR) is 171 cm³/mol. The summed E-state index contributed by atoms with van der Waals surface area (Å²) in [4.78, 5) is 0. The van der Waals surface area contributed by atoms with Crippen molar-refractivity contribution in [3.8, 4) is 51.7 Å². The SMILES string of the molecule is C[Si](C)(C)Oc1cc2c(cc1C(c1cc3c(cc1O[Si](C)(C)C)OCO3)c1cc3c(cc1O[Si](C)(C)C)OCO3)OCO2. The van der Waals surface area contributed by atoms with Crippen LogP contribution >= 0.6 is 0 Å². The summed E-state index contributed by atoms with van der Waals surface area (Å²) < 4.78 is 55.5. The third kappa shape index (κ3) is 6.41. The maximum atomic E-state index is 6.78. The van der Waals surface area contributed by atoms with E-state index in [9.17, 15) is 0 Å². The van der Waals surface area contributed by atoms with E-state index in [1.54, 1.807) is 0 Å². The minimum absolute atomic E-state index is 0.151. The van der Waals surface area contributed by atoms with Crippen LogP contribution in [0.5, 0.6) is 51.7 Å². The highest BCUT2D eigenvalue weighted by Crippen LogP contribution is 2.53. The van der Waals surface area contributed by atoms with E-state index in [-0.39, 0.29) is 20.4 Å². The zero-order valence-corrected chi connectivity index (χ0v) is 29.3. The summed E-state index contributed by atoms with van der Waals surface area (Å²) >= 11 is 0. The van der Waals surface area contributed by atoms with Crippen LogP contribution in [0.15, 0.2) is 36.4 Å². The number of hydrogen-bond donors (Lipinski definition) is 0. The number of ether oxygens (including phenoxy) is 6. The van der Waals surface area contributed by atoms with Crippen LogP contribution in [0.1, 0.15) is 22.6 Å². The van der Waals surface area contributed by atoms with Crippen molar-refractivity contribution in [2.24, 2.45) is 0 Å². The highest BCUT2D eigenvalue weighted by Gasteiger charge is 2.36. The van der Waals surface area contributed by atoms with Gasteiger partial charge in [-0.15, -0.1) is 0 Å². The van der Waals surface area contributed by atoms with Gasteiger partial charge in [-0.05, 0) is 77.1 Å². The van der Waals surface area contributed by atoms with Crippen LogP contribution in [0.3, 0.4) is 0 Å². The molecule has 0 spiro atoms. The van der Waals surface area contributed by atoms with Crippen molar-refractivity contribution >= 4 is 25.0 Å². The quantitative estimate of drug-likeness (QED) is 0.173. The summed E-state index contributed by atoms with van der Waals surface area (Å²) in [5.74, 6) is 5.68. The molecule has 0 fully saturated rings. The van der Waals surface area contributed by atoms with Crippen molar-refractivity contribution in [1.29, 1.82) is 0 Å². The minimum Gasteiger partial charge on any atom is -0.544 e. The molecule has 12 heteroatoms. The lowest BCUT2D eigenvalue weighted by Gasteiger charge is -2.31. The normalized spacial score (nSPS) is 15.2. The van der Waals surface area contributed by atoms with Crippen LogP contribution in [0, 0.1) is 0 Å². The Hall–Kier alpha value is -3.49. The van der Waals surface area contributed by atoms with E-state index < -0.39 is 30.9 Å². The fourth-order valence-corrected chi connectivity index (χ4v) is 7.76. The maximum absolute atomic E-state index is 6.78. The molecule has 0 saturated heterocycles. The second kappa shape index (κ2) is 10.6. The summed E-state index contributed by atoms with van der Waals surface area (Å²) in [5, 5.41) is 0. The van der Waals surface area contributed by atoms with Crippen LogP contribution < -0.4 is 41.7 Å². The molecule has 3 aliphatic heterocycles. The molecule has 6 rings (SSSR count). The van der Waals surface area contributed by atoms with Gasteiger partial charge in [0.15, 0.2) is 34.5 Å². The Morgan fingerprint density at radius 3 is 0.884 bits per heavy atom. The van der Waals surface area contributed by atoms with Gasteiger partial charge in [0.25, 0.3) is 0 Å².